The zero-order chi connectivity index (χ0) is 22.8. The Hall–Kier alpha value is -3.41. The maximum atomic E-state index is 13.2. The highest BCUT2D eigenvalue weighted by Gasteiger charge is 2.31. The third-order valence-electron chi connectivity index (χ3n) is 6.23. The molecule has 2 heterocycles. The number of hydrogen-bond donors (Lipinski definition) is 1. The van der Waals surface area contributed by atoms with Crippen molar-refractivity contribution < 1.29 is 13.9 Å². The van der Waals surface area contributed by atoms with Crippen molar-refractivity contribution in [2.75, 3.05) is 31.6 Å². The highest BCUT2D eigenvalue weighted by molar-refractivity contribution is 6.09. The van der Waals surface area contributed by atoms with E-state index in [0.717, 1.165) is 46.6 Å². The van der Waals surface area contributed by atoms with Crippen LogP contribution in [-0.4, -0.2) is 37.1 Å². The first-order valence-electron chi connectivity index (χ1n) is 11.4. The van der Waals surface area contributed by atoms with Gasteiger partial charge in [0.05, 0.1) is 24.9 Å². The second-order valence-corrected chi connectivity index (χ2v) is 8.62. The zero-order valence-electron chi connectivity index (χ0n) is 19.0. The van der Waals surface area contributed by atoms with Gasteiger partial charge in [0.25, 0.3) is 5.91 Å². The number of morpholine rings is 1. The molecule has 0 unspecified atom stereocenters. The molecule has 168 valence electrons. The van der Waals surface area contributed by atoms with Crippen LogP contribution in [0.5, 0.6) is 0 Å². The number of para-hydroxylation sites is 1. The van der Waals surface area contributed by atoms with E-state index in [4.69, 9.17) is 9.15 Å². The summed E-state index contributed by atoms with van der Waals surface area (Å²) in [6, 6.07) is 23.9. The number of amides is 1. The number of anilines is 1. The molecular weight excluding hydrogens is 412 g/mol. The van der Waals surface area contributed by atoms with Crippen LogP contribution in [0.15, 0.2) is 77.2 Å². The van der Waals surface area contributed by atoms with E-state index in [0.29, 0.717) is 18.8 Å². The minimum Gasteiger partial charge on any atom is -0.457 e. The summed E-state index contributed by atoms with van der Waals surface area (Å²) < 4.78 is 12.1. The number of nitrogens with zero attached hydrogens (tertiary/aromatic N) is 1. The molecule has 0 aliphatic carbocycles. The predicted molar refractivity (Wildman–Crippen MR) is 131 cm³/mol. The first kappa shape index (κ1) is 21.4. The lowest BCUT2D eigenvalue weighted by Crippen LogP contribution is -2.39. The van der Waals surface area contributed by atoms with Crippen molar-refractivity contribution in [1.82, 2.24) is 4.90 Å². The minimum absolute atomic E-state index is 0.129. The number of nitrogens with one attached hydrogen (secondary N) is 1. The lowest BCUT2D eigenvalue weighted by molar-refractivity contribution is 0.0206. The van der Waals surface area contributed by atoms with Gasteiger partial charge in [-0.1, -0.05) is 59.7 Å². The molecule has 1 N–H and O–H groups in total. The van der Waals surface area contributed by atoms with E-state index in [9.17, 15) is 4.79 Å². The number of ether oxygens (including phenoxy) is 1. The summed E-state index contributed by atoms with van der Waals surface area (Å²) in [5, 5.41) is 4.08. The second-order valence-electron chi connectivity index (χ2n) is 8.62. The zero-order valence-corrected chi connectivity index (χ0v) is 19.0. The van der Waals surface area contributed by atoms with Gasteiger partial charge in [-0.05, 0) is 43.7 Å². The number of benzene rings is 3. The van der Waals surface area contributed by atoms with Crippen molar-refractivity contribution in [1.29, 1.82) is 0 Å². The molecular formula is C28H28N2O3. The molecule has 1 atom stereocenters. The fourth-order valence-corrected chi connectivity index (χ4v) is 4.39. The Morgan fingerprint density at radius 3 is 2.21 bits per heavy atom. The van der Waals surface area contributed by atoms with Crippen LogP contribution in [0.25, 0.3) is 11.0 Å². The van der Waals surface area contributed by atoms with E-state index in [1.807, 2.05) is 55.5 Å². The Bertz CT molecular complexity index is 1250. The SMILES string of the molecule is Cc1ccc(C(=O)Nc2c([C@H](c3ccc(C)cc3)N3CCOCC3)oc3ccccc23)cc1. The lowest BCUT2D eigenvalue weighted by Gasteiger charge is -2.34. The molecule has 0 bridgehead atoms. The van der Waals surface area contributed by atoms with Gasteiger partial charge >= 0.3 is 0 Å². The molecule has 5 heteroatoms. The predicted octanol–water partition coefficient (Wildman–Crippen LogP) is 5.72. The van der Waals surface area contributed by atoms with E-state index in [2.05, 4.69) is 41.4 Å². The largest absolute Gasteiger partial charge is 0.457 e. The Balaban J connectivity index is 1.62. The molecule has 5 rings (SSSR count). The van der Waals surface area contributed by atoms with Crippen LogP contribution in [0, 0.1) is 13.8 Å². The summed E-state index contributed by atoms with van der Waals surface area (Å²) in [6.45, 7) is 7.03. The van der Waals surface area contributed by atoms with E-state index < -0.39 is 0 Å². The molecule has 0 saturated carbocycles. The van der Waals surface area contributed by atoms with Gasteiger partial charge in [-0.15, -0.1) is 0 Å². The van der Waals surface area contributed by atoms with Crippen LogP contribution in [0.2, 0.25) is 0 Å². The van der Waals surface area contributed by atoms with Gasteiger partial charge in [0.2, 0.25) is 0 Å². The molecule has 5 nitrogen and oxygen atoms in total. The standard InChI is InChI=1S/C28H28N2O3/c1-19-7-11-21(12-8-19)26(30-15-17-32-18-16-30)27-25(23-5-3-4-6-24(23)33-27)29-28(31)22-13-9-20(2)10-14-22/h3-14,26H,15-18H2,1-2H3,(H,29,31)/t26-/m0/s1. The van der Waals surface area contributed by atoms with Crippen molar-refractivity contribution in [2.45, 2.75) is 19.9 Å². The molecule has 4 aromatic rings. The monoisotopic (exact) mass is 440 g/mol. The summed E-state index contributed by atoms with van der Waals surface area (Å²) >= 11 is 0. The molecule has 1 aromatic heterocycles. The van der Waals surface area contributed by atoms with E-state index in [1.54, 1.807) is 0 Å². The first-order chi connectivity index (χ1) is 16.1. The van der Waals surface area contributed by atoms with Crippen LogP contribution in [-0.2, 0) is 4.74 Å². The molecule has 1 fully saturated rings. The average molecular weight is 441 g/mol. The van der Waals surface area contributed by atoms with Gasteiger partial charge in [-0.2, -0.15) is 0 Å². The Labute approximate surface area is 194 Å². The fourth-order valence-electron chi connectivity index (χ4n) is 4.39. The third-order valence-corrected chi connectivity index (χ3v) is 6.23. The quantitative estimate of drug-likeness (QED) is 0.431. The topological polar surface area (TPSA) is 54.7 Å². The van der Waals surface area contributed by atoms with Gasteiger partial charge < -0.3 is 14.5 Å². The number of fused-ring (bicyclic) bond motifs is 1. The van der Waals surface area contributed by atoms with E-state index in [-0.39, 0.29) is 11.9 Å². The first-order valence-corrected chi connectivity index (χ1v) is 11.4. The van der Waals surface area contributed by atoms with Gasteiger partial charge in [0.1, 0.15) is 11.3 Å². The smallest absolute Gasteiger partial charge is 0.255 e. The molecule has 0 spiro atoms. The lowest BCUT2D eigenvalue weighted by atomic mass is 9.99. The maximum Gasteiger partial charge on any atom is 0.255 e. The fraction of sp³-hybridized carbons (Fsp3) is 0.250. The van der Waals surface area contributed by atoms with E-state index in [1.165, 1.54) is 5.56 Å². The van der Waals surface area contributed by atoms with Crippen LogP contribution in [0.3, 0.4) is 0 Å². The summed E-state index contributed by atoms with van der Waals surface area (Å²) in [7, 11) is 0. The molecule has 1 aliphatic rings. The highest BCUT2D eigenvalue weighted by atomic mass is 16.5. The number of carbonyl (C=O) groups is 1. The molecule has 33 heavy (non-hydrogen) atoms. The summed E-state index contributed by atoms with van der Waals surface area (Å²) in [6.07, 6.45) is 0. The molecule has 1 saturated heterocycles. The van der Waals surface area contributed by atoms with Crippen LogP contribution >= 0.6 is 0 Å². The van der Waals surface area contributed by atoms with Gasteiger partial charge in [-0.3, -0.25) is 9.69 Å². The highest BCUT2D eigenvalue weighted by Crippen LogP contribution is 2.40. The third kappa shape index (κ3) is 4.42. The molecule has 3 aromatic carbocycles. The van der Waals surface area contributed by atoms with Crippen LogP contribution in [0.1, 0.15) is 38.9 Å². The summed E-state index contributed by atoms with van der Waals surface area (Å²) in [5.74, 6) is 0.606. The van der Waals surface area contributed by atoms with Gasteiger partial charge in [-0.25, -0.2) is 0 Å². The maximum absolute atomic E-state index is 13.2. The van der Waals surface area contributed by atoms with Gasteiger partial charge in [0.15, 0.2) is 0 Å². The summed E-state index contributed by atoms with van der Waals surface area (Å²) in [4.78, 5) is 15.6. The summed E-state index contributed by atoms with van der Waals surface area (Å²) in [5.41, 5.74) is 5.57. The Morgan fingerprint density at radius 2 is 1.52 bits per heavy atom. The molecule has 1 amide bonds. The van der Waals surface area contributed by atoms with Crippen molar-refractivity contribution in [3.8, 4) is 0 Å². The van der Waals surface area contributed by atoms with E-state index >= 15 is 0 Å². The van der Waals surface area contributed by atoms with Crippen LogP contribution in [0.4, 0.5) is 5.69 Å². The number of hydrogen-bond acceptors (Lipinski definition) is 4. The van der Waals surface area contributed by atoms with Crippen LogP contribution < -0.4 is 5.32 Å². The number of rotatable bonds is 5. The van der Waals surface area contributed by atoms with Crippen molar-refractivity contribution >= 4 is 22.6 Å². The Morgan fingerprint density at radius 1 is 0.879 bits per heavy atom. The number of furan rings is 1. The van der Waals surface area contributed by atoms with Crippen molar-refractivity contribution in [3.63, 3.8) is 0 Å². The molecule has 1 aliphatic heterocycles. The number of carbonyl (C=O) groups excluding carboxylic acids is 1. The average Bonchev–Trinajstić information content (AvgIpc) is 3.19. The minimum atomic E-state index is -0.146. The van der Waals surface area contributed by atoms with Crippen molar-refractivity contribution in [2.24, 2.45) is 0 Å². The van der Waals surface area contributed by atoms with Gasteiger partial charge in [0, 0.05) is 24.0 Å². The Kier molecular flexibility index (Phi) is 5.99. The van der Waals surface area contributed by atoms with Crippen molar-refractivity contribution in [3.05, 3.63) is 101 Å². The normalized spacial score (nSPS) is 15.5. The molecule has 0 radical (unpaired) electrons. The number of aryl methyl sites for hydroxylation is 2. The second kappa shape index (κ2) is 9.22.